The number of unbranched alkanes of at least 4 members (excludes halogenated alkanes) is 1. The van der Waals surface area contributed by atoms with Crippen LogP contribution in [0.25, 0.3) is 10.8 Å². The van der Waals surface area contributed by atoms with Crippen molar-refractivity contribution in [2.75, 3.05) is 6.54 Å². The molecule has 0 spiro atoms. The summed E-state index contributed by atoms with van der Waals surface area (Å²) in [5.41, 5.74) is 12.1. The average molecular weight is 653 g/mol. The fraction of sp³-hybridized carbons (Fsp3) is 0.583. The summed E-state index contributed by atoms with van der Waals surface area (Å²) in [6, 6.07) is 10.0. The molecule has 11 heteroatoms. The van der Waals surface area contributed by atoms with Crippen LogP contribution in [0.5, 0.6) is 0 Å². The summed E-state index contributed by atoms with van der Waals surface area (Å²) in [5, 5.41) is 13.4. The Hall–Kier alpha value is -3.99. The van der Waals surface area contributed by atoms with Gasteiger partial charge >= 0.3 is 0 Å². The van der Waals surface area contributed by atoms with Gasteiger partial charge in [-0.1, -0.05) is 90.4 Å². The second-order valence-electron chi connectivity index (χ2n) is 13.4. The van der Waals surface area contributed by atoms with Gasteiger partial charge in [0, 0.05) is 12.8 Å². The lowest BCUT2D eigenvalue weighted by atomic mass is 9.96. The van der Waals surface area contributed by atoms with Crippen LogP contribution >= 0.6 is 0 Å². The van der Waals surface area contributed by atoms with Crippen molar-refractivity contribution in [1.29, 1.82) is 0 Å². The minimum Gasteiger partial charge on any atom is -0.368 e. The molecule has 0 aromatic heterocycles. The monoisotopic (exact) mass is 652 g/mol. The first-order valence-corrected chi connectivity index (χ1v) is 16.9. The van der Waals surface area contributed by atoms with Crippen molar-refractivity contribution in [2.24, 2.45) is 29.2 Å². The predicted molar refractivity (Wildman–Crippen MR) is 186 cm³/mol. The Bertz CT molecular complexity index is 1350. The number of hydrogen-bond acceptors (Lipinski definition) is 6. The summed E-state index contributed by atoms with van der Waals surface area (Å²) in [6.45, 7) is 11.9. The van der Waals surface area contributed by atoms with Crippen LogP contribution in [0.15, 0.2) is 42.5 Å². The summed E-state index contributed by atoms with van der Waals surface area (Å²) in [7, 11) is 0. The highest BCUT2D eigenvalue weighted by molar-refractivity contribution is 5.95. The fourth-order valence-corrected chi connectivity index (χ4v) is 5.40. The zero-order valence-corrected chi connectivity index (χ0v) is 28.9. The van der Waals surface area contributed by atoms with Crippen molar-refractivity contribution in [3.8, 4) is 0 Å². The second kappa shape index (κ2) is 19.6. The number of carbonyl (C=O) groups is 5. The van der Waals surface area contributed by atoms with Gasteiger partial charge in [0.1, 0.15) is 24.2 Å². The third kappa shape index (κ3) is 13.3. The summed E-state index contributed by atoms with van der Waals surface area (Å²) in [4.78, 5) is 66.0. The van der Waals surface area contributed by atoms with Crippen LogP contribution in [0.3, 0.4) is 0 Å². The van der Waals surface area contributed by atoms with Crippen LogP contribution in [0.1, 0.15) is 85.6 Å². The van der Waals surface area contributed by atoms with Gasteiger partial charge in [-0.15, -0.1) is 0 Å². The Morgan fingerprint density at radius 2 is 1.36 bits per heavy atom. The molecule has 47 heavy (non-hydrogen) atoms. The lowest BCUT2D eigenvalue weighted by Gasteiger charge is -2.29. The maximum atomic E-state index is 13.9. The summed E-state index contributed by atoms with van der Waals surface area (Å²) < 4.78 is 0. The maximum Gasteiger partial charge on any atom is 0.243 e. The number of nitrogens with one attached hydrogen (secondary N) is 4. The summed E-state index contributed by atoms with van der Waals surface area (Å²) in [5.74, 6) is -2.55. The van der Waals surface area contributed by atoms with Gasteiger partial charge in [0.25, 0.3) is 0 Å². The molecule has 0 aliphatic rings. The smallest absolute Gasteiger partial charge is 0.243 e. The number of benzene rings is 2. The van der Waals surface area contributed by atoms with Crippen LogP contribution < -0.4 is 32.7 Å². The van der Waals surface area contributed by atoms with E-state index in [1.54, 1.807) is 0 Å². The molecule has 11 nitrogen and oxygen atoms in total. The van der Waals surface area contributed by atoms with E-state index in [0.29, 0.717) is 38.6 Å². The molecule has 0 bridgehead atoms. The Labute approximate surface area is 279 Å². The minimum absolute atomic E-state index is 0.0927. The van der Waals surface area contributed by atoms with Crippen molar-refractivity contribution in [3.05, 3.63) is 48.0 Å². The Kier molecular flexibility index (Phi) is 16.4. The quantitative estimate of drug-likeness (QED) is 0.119. The van der Waals surface area contributed by atoms with E-state index in [1.807, 2.05) is 84.0 Å². The van der Waals surface area contributed by atoms with Gasteiger partial charge in [0.15, 0.2) is 0 Å². The van der Waals surface area contributed by atoms with E-state index < -0.39 is 47.8 Å². The molecule has 0 heterocycles. The number of fused-ring (bicyclic) bond motifs is 1. The Balaban J connectivity index is 2.32. The van der Waals surface area contributed by atoms with Gasteiger partial charge in [-0.3, -0.25) is 24.0 Å². The predicted octanol–water partition coefficient (Wildman–Crippen LogP) is 3.07. The van der Waals surface area contributed by atoms with Gasteiger partial charge in [0.2, 0.25) is 29.5 Å². The van der Waals surface area contributed by atoms with Crippen LogP contribution in [-0.4, -0.2) is 60.2 Å². The molecular formula is C36H56N6O5. The molecule has 0 unspecified atom stereocenters. The third-order valence-electron chi connectivity index (χ3n) is 8.24. The second-order valence-corrected chi connectivity index (χ2v) is 13.4. The lowest BCUT2D eigenvalue weighted by molar-refractivity contribution is -0.135. The Morgan fingerprint density at radius 3 is 1.96 bits per heavy atom. The minimum atomic E-state index is -0.985. The van der Waals surface area contributed by atoms with Crippen molar-refractivity contribution in [3.63, 3.8) is 0 Å². The van der Waals surface area contributed by atoms with Crippen molar-refractivity contribution in [2.45, 2.75) is 111 Å². The highest BCUT2D eigenvalue weighted by Crippen LogP contribution is 2.18. The first-order chi connectivity index (χ1) is 22.2. The third-order valence-corrected chi connectivity index (χ3v) is 8.24. The number of primary amides is 1. The van der Waals surface area contributed by atoms with Crippen molar-refractivity contribution >= 4 is 40.3 Å². The largest absolute Gasteiger partial charge is 0.368 e. The van der Waals surface area contributed by atoms with E-state index in [2.05, 4.69) is 21.3 Å². The maximum absolute atomic E-state index is 13.9. The van der Waals surface area contributed by atoms with Crippen LogP contribution in [-0.2, 0) is 30.4 Å². The average Bonchev–Trinajstić information content (AvgIpc) is 3.01. The summed E-state index contributed by atoms with van der Waals surface area (Å²) >= 11 is 0. The molecule has 2 aromatic rings. The zero-order chi connectivity index (χ0) is 35.1. The molecule has 260 valence electrons. The van der Waals surface area contributed by atoms with Gasteiger partial charge in [-0.25, -0.2) is 0 Å². The topological polar surface area (TPSA) is 186 Å². The molecule has 0 aliphatic carbocycles. The van der Waals surface area contributed by atoms with Crippen LogP contribution in [0.4, 0.5) is 0 Å². The highest BCUT2D eigenvalue weighted by Gasteiger charge is 2.33. The van der Waals surface area contributed by atoms with E-state index >= 15 is 0 Å². The fourth-order valence-electron chi connectivity index (χ4n) is 5.40. The van der Waals surface area contributed by atoms with Gasteiger partial charge in [-0.05, 0) is 66.3 Å². The van der Waals surface area contributed by atoms with Crippen LogP contribution in [0.2, 0.25) is 0 Å². The van der Waals surface area contributed by atoms with E-state index in [9.17, 15) is 24.0 Å². The molecule has 5 atom stereocenters. The van der Waals surface area contributed by atoms with Gasteiger partial charge in [0.05, 0.1) is 0 Å². The molecule has 0 saturated heterocycles. The van der Waals surface area contributed by atoms with Crippen molar-refractivity contribution in [1.82, 2.24) is 21.3 Å². The Morgan fingerprint density at radius 1 is 0.723 bits per heavy atom. The molecule has 0 fully saturated rings. The lowest BCUT2D eigenvalue weighted by Crippen LogP contribution is -2.59. The normalized spacial score (nSPS) is 14.6. The molecule has 8 N–H and O–H groups in total. The first-order valence-electron chi connectivity index (χ1n) is 16.9. The van der Waals surface area contributed by atoms with E-state index in [4.69, 9.17) is 11.5 Å². The van der Waals surface area contributed by atoms with Gasteiger partial charge in [-0.2, -0.15) is 0 Å². The van der Waals surface area contributed by atoms with E-state index in [0.717, 1.165) is 16.3 Å². The molecule has 2 aromatic carbocycles. The van der Waals surface area contributed by atoms with E-state index in [-0.39, 0.29) is 36.5 Å². The number of carbonyl (C=O) groups excluding carboxylic acids is 5. The number of nitrogens with two attached hydrogens (primary N) is 2. The highest BCUT2D eigenvalue weighted by atomic mass is 16.2. The number of hydrogen-bond donors (Lipinski definition) is 6. The number of rotatable bonds is 20. The first kappa shape index (κ1) is 39.2. The number of amides is 5. The van der Waals surface area contributed by atoms with Crippen molar-refractivity contribution < 1.29 is 24.0 Å². The molecule has 0 aliphatic heterocycles. The van der Waals surface area contributed by atoms with E-state index in [1.165, 1.54) is 0 Å². The van der Waals surface area contributed by atoms with Gasteiger partial charge < -0.3 is 32.7 Å². The van der Waals surface area contributed by atoms with Crippen LogP contribution in [0, 0.1) is 17.8 Å². The SMILES string of the molecule is CC[C@H](C)[C@H](NC(=O)[C@H](Cc1ccc2ccccc2c1)NC(=O)CC(C)C)C(=O)N[C@@H](CCCCN)C(=O)N[C@@H](CC(C)C)C(N)=O. The molecule has 0 saturated carbocycles. The molecule has 0 radical (unpaired) electrons. The zero-order valence-electron chi connectivity index (χ0n) is 28.9. The molecule has 5 amide bonds. The standard InChI is InChI=1S/C36H56N6O5/c1-7-24(6)32(36(47)40-28(14-10-11-17-37)34(45)41-29(33(38)44)18-22(2)3)42-35(46)30(39-31(43)19-23(4)5)21-25-15-16-26-12-8-9-13-27(26)20-25/h8-9,12-13,15-16,20,22-24,28-30,32H,7,10-11,14,17-19,21,37H2,1-6H3,(H2,38,44)(H,39,43)(H,40,47)(H,41,45)(H,42,46)/t24-,28-,29-,30-,32-/m0/s1. The molecule has 2 rings (SSSR count). The molecular weight excluding hydrogens is 596 g/mol. The summed E-state index contributed by atoms with van der Waals surface area (Å²) in [6.07, 6.45) is 2.90.